The molecule has 0 atom stereocenters. The number of hydrogen-bond acceptors (Lipinski definition) is 3. The lowest BCUT2D eigenvalue weighted by atomic mass is 10.0. The molecular formula is C35H62OS2. The molecule has 0 amide bonds. The normalized spacial score (nSPS) is 11.3. The fraction of sp³-hybridized carbons (Fsp3) is 0.771. The Balaban J connectivity index is 2.21. The van der Waals surface area contributed by atoms with E-state index in [1.54, 1.807) is 0 Å². The monoisotopic (exact) mass is 562 g/mol. The van der Waals surface area contributed by atoms with Gasteiger partial charge in [-0.1, -0.05) is 148 Å². The molecule has 1 nitrogen and oxygen atoms in total. The molecule has 0 aromatic heterocycles. The van der Waals surface area contributed by atoms with Crippen LogP contribution in [-0.4, -0.2) is 16.6 Å². The zero-order chi connectivity index (χ0) is 27.5. The first-order chi connectivity index (χ1) is 18.7. The molecule has 0 fully saturated rings. The molecule has 3 heteroatoms. The lowest BCUT2D eigenvalue weighted by molar-refractivity contribution is 0.465. The SMILES string of the molecule is C=CCc1cc(CSCCCCCCCCCCCC)cc(CSCCCCCCCCCCCC)c1O. The minimum absolute atomic E-state index is 0.504. The fourth-order valence-corrected chi connectivity index (χ4v) is 7.04. The van der Waals surface area contributed by atoms with Gasteiger partial charge in [0.2, 0.25) is 0 Å². The van der Waals surface area contributed by atoms with E-state index in [1.165, 1.54) is 145 Å². The second kappa shape index (κ2) is 26.7. The molecule has 1 rings (SSSR count). The Kier molecular flexibility index (Phi) is 24.9. The van der Waals surface area contributed by atoms with Gasteiger partial charge in [0.05, 0.1) is 0 Å². The van der Waals surface area contributed by atoms with Crippen molar-refractivity contribution in [1.82, 2.24) is 0 Å². The summed E-state index contributed by atoms with van der Waals surface area (Å²) in [7, 11) is 0. The maximum absolute atomic E-state index is 10.8. The van der Waals surface area contributed by atoms with E-state index in [0.29, 0.717) is 5.75 Å². The van der Waals surface area contributed by atoms with Crippen LogP contribution in [-0.2, 0) is 17.9 Å². The summed E-state index contributed by atoms with van der Waals surface area (Å²) >= 11 is 4.04. The predicted octanol–water partition coefficient (Wildman–Crippen LogP) is 12.4. The number of hydrogen-bond donors (Lipinski definition) is 1. The summed E-state index contributed by atoms with van der Waals surface area (Å²) in [4.78, 5) is 0. The van der Waals surface area contributed by atoms with Crippen molar-refractivity contribution in [1.29, 1.82) is 0 Å². The number of thioether (sulfide) groups is 2. The van der Waals surface area contributed by atoms with Crippen molar-refractivity contribution in [2.24, 2.45) is 0 Å². The van der Waals surface area contributed by atoms with Crippen LogP contribution in [0.4, 0.5) is 0 Å². The van der Waals surface area contributed by atoms with Crippen molar-refractivity contribution in [3.8, 4) is 5.75 Å². The average Bonchev–Trinajstić information content (AvgIpc) is 2.92. The van der Waals surface area contributed by atoms with Gasteiger partial charge in [0.15, 0.2) is 0 Å². The Labute approximate surface area is 246 Å². The largest absolute Gasteiger partial charge is 0.507 e. The van der Waals surface area contributed by atoms with Crippen LogP contribution in [0.15, 0.2) is 24.8 Å². The van der Waals surface area contributed by atoms with E-state index in [1.807, 2.05) is 17.8 Å². The average molecular weight is 563 g/mol. The predicted molar refractivity (Wildman–Crippen MR) is 178 cm³/mol. The summed E-state index contributed by atoms with van der Waals surface area (Å²) in [5.41, 5.74) is 3.54. The van der Waals surface area contributed by atoms with Gasteiger partial charge in [-0.2, -0.15) is 23.5 Å². The number of rotatable bonds is 28. The number of phenolic OH excluding ortho intramolecular Hbond substituents is 1. The molecule has 0 radical (unpaired) electrons. The van der Waals surface area contributed by atoms with Gasteiger partial charge in [0, 0.05) is 17.1 Å². The second-order valence-electron chi connectivity index (χ2n) is 11.2. The smallest absolute Gasteiger partial charge is 0.123 e. The number of aromatic hydroxyl groups is 1. The highest BCUT2D eigenvalue weighted by Crippen LogP contribution is 2.31. The van der Waals surface area contributed by atoms with Gasteiger partial charge in [-0.05, 0) is 41.9 Å². The van der Waals surface area contributed by atoms with Crippen LogP contribution < -0.4 is 0 Å². The number of allylic oxidation sites excluding steroid dienone is 1. The van der Waals surface area contributed by atoms with E-state index in [-0.39, 0.29) is 0 Å². The Morgan fingerprint density at radius 3 is 1.42 bits per heavy atom. The van der Waals surface area contributed by atoms with Gasteiger partial charge < -0.3 is 5.11 Å². The van der Waals surface area contributed by atoms with Crippen LogP contribution in [0.2, 0.25) is 0 Å². The number of benzene rings is 1. The highest BCUT2D eigenvalue weighted by molar-refractivity contribution is 7.98. The summed E-state index contributed by atoms with van der Waals surface area (Å²) in [5.74, 6) is 4.92. The van der Waals surface area contributed by atoms with Crippen molar-refractivity contribution < 1.29 is 5.11 Å². The Morgan fingerprint density at radius 2 is 0.974 bits per heavy atom. The first-order valence-corrected chi connectivity index (χ1v) is 18.6. The van der Waals surface area contributed by atoms with Crippen molar-refractivity contribution in [3.05, 3.63) is 41.5 Å². The number of phenols is 1. The summed E-state index contributed by atoms with van der Waals surface area (Å²) < 4.78 is 0. The molecular weight excluding hydrogens is 501 g/mol. The van der Waals surface area contributed by atoms with E-state index in [9.17, 15) is 5.11 Å². The molecule has 0 aliphatic carbocycles. The van der Waals surface area contributed by atoms with Crippen molar-refractivity contribution in [2.45, 2.75) is 160 Å². The summed E-state index contributed by atoms with van der Waals surface area (Å²) in [5, 5.41) is 10.8. The maximum atomic E-state index is 10.8. The maximum Gasteiger partial charge on any atom is 0.123 e. The Bertz CT molecular complexity index is 672. The third kappa shape index (κ3) is 19.5. The van der Waals surface area contributed by atoms with Gasteiger partial charge in [-0.15, -0.1) is 6.58 Å². The molecule has 0 aliphatic rings. The van der Waals surface area contributed by atoms with Gasteiger partial charge in [0.25, 0.3) is 0 Å². The van der Waals surface area contributed by atoms with E-state index in [0.717, 1.165) is 29.1 Å². The first-order valence-electron chi connectivity index (χ1n) is 16.3. The molecule has 1 aromatic rings. The molecule has 0 saturated heterocycles. The lowest BCUT2D eigenvalue weighted by Gasteiger charge is -2.13. The first kappa shape index (κ1) is 35.5. The van der Waals surface area contributed by atoms with E-state index in [2.05, 4.69) is 44.3 Å². The fourth-order valence-electron chi connectivity index (χ4n) is 5.09. The molecule has 0 bridgehead atoms. The van der Waals surface area contributed by atoms with Crippen LogP contribution in [0.3, 0.4) is 0 Å². The minimum atomic E-state index is 0.504. The molecule has 38 heavy (non-hydrogen) atoms. The van der Waals surface area contributed by atoms with E-state index >= 15 is 0 Å². The molecule has 0 heterocycles. The zero-order valence-electron chi connectivity index (χ0n) is 25.4. The van der Waals surface area contributed by atoms with Crippen molar-refractivity contribution in [2.75, 3.05) is 11.5 Å². The molecule has 0 aliphatic heterocycles. The standard InChI is InChI=1S/C35H62OS2/c1-4-7-9-11-13-15-17-19-21-23-26-37-30-32-28-33(25-6-3)35(36)34(29-32)31-38-27-24-22-20-18-16-14-12-10-8-5-2/h6,28-29,36H,3-5,7-27,30-31H2,1-2H3. The topological polar surface area (TPSA) is 20.2 Å². The quantitative estimate of drug-likeness (QED) is 0.0810. The Hall–Kier alpha value is -0.540. The van der Waals surface area contributed by atoms with Gasteiger partial charge in [-0.3, -0.25) is 0 Å². The van der Waals surface area contributed by atoms with Crippen molar-refractivity contribution >= 4 is 23.5 Å². The van der Waals surface area contributed by atoms with Crippen LogP contribution in [0.1, 0.15) is 159 Å². The third-order valence-corrected chi connectivity index (χ3v) is 9.71. The molecule has 1 aromatic carbocycles. The van der Waals surface area contributed by atoms with Crippen LogP contribution in [0.25, 0.3) is 0 Å². The van der Waals surface area contributed by atoms with Crippen LogP contribution in [0, 0.1) is 0 Å². The molecule has 220 valence electrons. The zero-order valence-corrected chi connectivity index (χ0v) is 27.0. The van der Waals surface area contributed by atoms with Gasteiger partial charge >= 0.3 is 0 Å². The number of unbranched alkanes of at least 4 members (excludes halogenated alkanes) is 18. The second-order valence-corrected chi connectivity index (χ2v) is 13.4. The van der Waals surface area contributed by atoms with Gasteiger partial charge in [-0.25, -0.2) is 0 Å². The lowest BCUT2D eigenvalue weighted by Crippen LogP contribution is -1.95. The Morgan fingerprint density at radius 1 is 0.579 bits per heavy atom. The van der Waals surface area contributed by atoms with E-state index < -0.39 is 0 Å². The minimum Gasteiger partial charge on any atom is -0.507 e. The summed E-state index contributed by atoms with van der Waals surface area (Å²) in [6, 6.07) is 4.47. The van der Waals surface area contributed by atoms with Crippen LogP contribution >= 0.6 is 23.5 Å². The molecule has 0 spiro atoms. The van der Waals surface area contributed by atoms with Gasteiger partial charge in [0.1, 0.15) is 5.75 Å². The highest BCUT2D eigenvalue weighted by atomic mass is 32.2. The summed E-state index contributed by atoms with van der Waals surface area (Å²) in [6.07, 6.45) is 30.5. The molecule has 0 saturated carbocycles. The van der Waals surface area contributed by atoms with E-state index in [4.69, 9.17) is 0 Å². The highest BCUT2D eigenvalue weighted by Gasteiger charge is 2.10. The molecule has 0 unspecified atom stereocenters. The van der Waals surface area contributed by atoms with Crippen molar-refractivity contribution in [3.63, 3.8) is 0 Å². The third-order valence-electron chi connectivity index (χ3n) is 7.50. The molecule has 1 N–H and O–H groups in total. The summed E-state index contributed by atoms with van der Waals surface area (Å²) in [6.45, 7) is 8.48. The van der Waals surface area contributed by atoms with Crippen LogP contribution in [0.5, 0.6) is 5.75 Å².